The van der Waals surface area contributed by atoms with Gasteiger partial charge in [-0.15, -0.1) is 11.3 Å². The Kier molecular flexibility index (Phi) is 2.88. The zero-order valence-electron chi connectivity index (χ0n) is 9.78. The summed E-state index contributed by atoms with van der Waals surface area (Å²) in [5, 5.41) is 11.8. The van der Waals surface area contributed by atoms with Crippen molar-refractivity contribution in [3.63, 3.8) is 0 Å². The summed E-state index contributed by atoms with van der Waals surface area (Å²) in [5.74, 6) is 0.620. The minimum Gasteiger partial charge on any atom is -0.357 e. The van der Waals surface area contributed by atoms with Gasteiger partial charge in [-0.25, -0.2) is 19.6 Å². The summed E-state index contributed by atoms with van der Waals surface area (Å²) >= 11 is 3.09. The molecule has 0 aliphatic carbocycles. The largest absolute Gasteiger partial charge is 0.357 e. The molecule has 18 heavy (non-hydrogen) atoms. The van der Waals surface area contributed by atoms with E-state index in [9.17, 15) is 0 Å². The number of hydrogen-bond acceptors (Lipinski definition) is 7. The zero-order chi connectivity index (χ0) is 12.5. The maximum Gasteiger partial charge on any atom is 0.224 e. The van der Waals surface area contributed by atoms with E-state index in [1.807, 2.05) is 25.5 Å². The van der Waals surface area contributed by atoms with Gasteiger partial charge in [0.25, 0.3) is 0 Å². The number of rotatable bonds is 3. The van der Waals surface area contributed by atoms with Gasteiger partial charge >= 0.3 is 0 Å². The highest BCUT2D eigenvalue weighted by Crippen LogP contribution is 2.32. The minimum absolute atomic E-state index is 0.620. The number of anilines is 1. The van der Waals surface area contributed by atoms with Crippen LogP contribution in [-0.2, 0) is 7.05 Å². The van der Waals surface area contributed by atoms with Gasteiger partial charge in [0.05, 0.1) is 0 Å². The first-order valence-corrected chi connectivity index (χ1v) is 6.92. The molecule has 3 heterocycles. The number of hydrogen-bond donors (Lipinski definition) is 1. The molecule has 0 unspecified atom stereocenters. The maximum absolute atomic E-state index is 4.47. The van der Waals surface area contributed by atoms with E-state index in [0.717, 1.165) is 20.4 Å². The second-order valence-electron chi connectivity index (χ2n) is 3.51. The van der Waals surface area contributed by atoms with Crippen LogP contribution in [0.25, 0.3) is 10.2 Å². The topological polar surface area (TPSA) is 68.5 Å². The molecule has 3 aromatic heterocycles. The fourth-order valence-corrected chi connectivity index (χ4v) is 3.17. The Balaban J connectivity index is 2.10. The molecule has 0 fully saturated rings. The van der Waals surface area contributed by atoms with Crippen molar-refractivity contribution in [2.75, 3.05) is 12.4 Å². The quantitative estimate of drug-likeness (QED) is 0.739. The molecular formula is C10H10N6S2. The van der Waals surface area contributed by atoms with E-state index in [4.69, 9.17) is 0 Å². The Labute approximate surface area is 111 Å². The SMILES string of the molecule is CNc1nc(Sc2ncnn2C)c2ccsc2n1. The van der Waals surface area contributed by atoms with E-state index in [2.05, 4.69) is 25.4 Å². The van der Waals surface area contributed by atoms with Gasteiger partial charge in [-0.1, -0.05) is 0 Å². The van der Waals surface area contributed by atoms with Crippen LogP contribution in [0, 0.1) is 0 Å². The molecule has 3 rings (SSSR count). The Bertz CT molecular complexity index is 689. The maximum atomic E-state index is 4.47. The summed E-state index contributed by atoms with van der Waals surface area (Å²) in [7, 11) is 3.67. The summed E-state index contributed by atoms with van der Waals surface area (Å²) in [6.45, 7) is 0. The van der Waals surface area contributed by atoms with Crippen molar-refractivity contribution in [2.45, 2.75) is 10.2 Å². The molecule has 0 aliphatic heterocycles. The van der Waals surface area contributed by atoms with Crippen molar-refractivity contribution < 1.29 is 0 Å². The van der Waals surface area contributed by atoms with Crippen LogP contribution in [0.15, 0.2) is 28.0 Å². The standard InChI is InChI=1S/C10H10N6S2/c1-11-9-14-7-6(3-4-17-7)8(15-9)18-10-12-5-13-16(10)2/h3-5H,1-2H3,(H,11,14,15). The van der Waals surface area contributed by atoms with Crippen LogP contribution in [0.1, 0.15) is 0 Å². The molecule has 6 nitrogen and oxygen atoms in total. The highest BCUT2D eigenvalue weighted by Gasteiger charge is 2.12. The molecule has 92 valence electrons. The van der Waals surface area contributed by atoms with Crippen molar-refractivity contribution >= 4 is 39.3 Å². The van der Waals surface area contributed by atoms with E-state index >= 15 is 0 Å². The van der Waals surface area contributed by atoms with Gasteiger partial charge in [0.15, 0.2) is 5.16 Å². The van der Waals surface area contributed by atoms with Crippen LogP contribution in [0.2, 0.25) is 0 Å². The molecular weight excluding hydrogens is 268 g/mol. The van der Waals surface area contributed by atoms with Crippen molar-refractivity contribution in [1.82, 2.24) is 24.7 Å². The Morgan fingerprint density at radius 3 is 3.00 bits per heavy atom. The molecule has 0 aromatic carbocycles. The third-order valence-corrected chi connectivity index (χ3v) is 4.23. The molecule has 0 bridgehead atoms. The van der Waals surface area contributed by atoms with Gasteiger partial charge in [-0.2, -0.15) is 5.10 Å². The van der Waals surface area contributed by atoms with Crippen LogP contribution in [0.5, 0.6) is 0 Å². The zero-order valence-corrected chi connectivity index (χ0v) is 11.4. The van der Waals surface area contributed by atoms with Gasteiger partial charge in [0.1, 0.15) is 16.2 Å². The lowest BCUT2D eigenvalue weighted by Gasteiger charge is -2.04. The van der Waals surface area contributed by atoms with E-state index in [1.54, 1.807) is 16.0 Å². The molecule has 0 saturated heterocycles. The average molecular weight is 278 g/mol. The van der Waals surface area contributed by atoms with E-state index in [-0.39, 0.29) is 0 Å². The normalized spacial score (nSPS) is 11.0. The Morgan fingerprint density at radius 1 is 1.39 bits per heavy atom. The van der Waals surface area contributed by atoms with Crippen molar-refractivity contribution in [3.8, 4) is 0 Å². The number of nitrogens with one attached hydrogen (secondary N) is 1. The predicted octanol–water partition coefficient (Wildman–Crippen LogP) is 2.01. The summed E-state index contributed by atoms with van der Waals surface area (Å²) in [4.78, 5) is 14.0. The predicted molar refractivity (Wildman–Crippen MR) is 72.1 cm³/mol. The molecule has 0 aliphatic rings. The summed E-state index contributed by atoms with van der Waals surface area (Å²) in [5.41, 5.74) is 0. The summed E-state index contributed by atoms with van der Waals surface area (Å²) < 4.78 is 1.73. The lowest BCUT2D eigenvalue weighted by atomic mass is 10.4. The lowest BCUT2D eigenvalue weighted by Crippen LogP contribution is -1.98. The molecule has 0 spiro atoms. The van der Waals surface area contributed by atoms with Crippen molar-refractivity contribution in [3.05, 3.63) is 17.8 Å². The van der Waals surface area contributed by atoms with Gasteiger partial charge in [-0.3, -0.25) is 0 Å². The van der Waals surface area contributed by atoms with Crippen molar-refractivity contribution in [2.24, 2.45) is 7.05 Å². The Morgan fingerprint density at radius 2 is 2.28 bits per heavy atom. The molecule has 0 saturated carbocycles. The first-order valence-electron chi connectivity index (χ1n) is 5.23. The van der Waals surface area contributed by atoms with Crippen LogP contribution < -0.4 is 5.32 Å². The number of thiophene rings is 1. The van der Waals surface area contributed by atoms with Crippen LogP contribution in [0.3, 0.4) is 0 Å². The molecule has 0 amide bonds. The average Bonchev–Trinajstić information content (AvgIpc) is 2.98. The second-order valence-corrected chi connectivity index (χ2v) is 5.36. The van der Waals surface area contributed by atoms with Gasteiger partial charge in [-0.05, 0) is 23.2 Å². The fourth-order valence-electron chi connectivity index (χ4n) is 1.48. The molecule has 0 atom stereocenters. The minimum atomic E-state index is 0.620. The first kappa shape index (κ1) is 11.4. The summed E-state index contributed by atoms with van der Waals surface area (Å²) in [6.07, 6.45) is 1.54. The van der Waals surface area contributed by atoms with Gasteiger partial charge in [0.2, 0.25) is 5.95 Å². The highest BCUT2D eigenvalue weighted by molar-refractivity contribution is 7.99. The molecule has 3 aromatic rings. The first-order chi connectivity index (χ1) is 8.78. The Hall–Kier alpha value is -1.67. The number of fused-ring (bicyclic) bond motifs is 1. The number of aromatic nitrogens is 5. The monoisotopic (exact) mass is 278 g/mol. The smallest absolute Gasteiger partial charge is 0.224 e. The molecule has 0 radical (unpaired) electrons. The fraction of sp³-hybridized carbons (Fsp3) is 0.200. The lowest BCUT2D eigenvalue weighted by molar-refractivity contribution is 0.685. The van der Waals surface area contributed by atoms with E-state index < -0.39 is 0 Å². The second kappa shape index (κ2) is 4.54. The third kappa shape index (κ3) is 1.93. The van der Waals surface area contributed by atoms with Crippen LogP contribution >= 0.6 is 23.1 Å². The van der Waals surface area contributed by atoms with Crippen LogP contribution in [0.4, 0.5) is 5.95 Å². The number of nitrogens with zero attached hydrogens (tertiary/aromatic N) is 5. The van der Waals surface area contributed by atoms with Gasteiger partial charge in [0, 0.05) is 19.5 Å². The summed E-state index contributed by atoms with van der Waals surface area (Å²) in [6, 6.07) is 2.03. The third-order valence-electron chi connectivity index (χ3n) is 2.37. The number of aryl methyl sites for hydroxylation is 1. The van der Waals surface area contributed by atoms with E-state index in [1.165, 1.54) is 18.1 Å². The van der Waals surface area contributed by atoms with Crippen molar-refractivity contribution in [1.29, 1.82) is 0 Å². The molecule has 1 N–H and O–H groups in total. The van der Waals surface area contributed by atoms with Crippen LogP contribution in [-0.4, -0.2) is 31.8 Å². The highest BCUT2D eigenvalue weighted by atomic mass is 32.2. The van der Waals surface area contributed by atoms with E-state index in [0.29, 0.717) is 5.95 Å². The van der Waals surface area contributed by atoms with Gasteiger partial charge < -0.3 is 5.32 Å². The molecule has 8 heteroatoms.